The average Bonchev–Trinajstić information content (AvgIpc) is 3.51. The molecule has 1 amide bonds. The van der Waals surface area contributed by atoms with E-state index in [0.29, 0.717) is 36.9 Å². The quantitative estimate of drug-likeness (QED) is 0.494. The van der Waals surface area contributed by atoms with Crippen LogP contribution in [0.4, 0.5) is 5.13 Å². The van der Waals surface area contributed by atoms with Crippen molar-refractivity contribution in [2.75, 3.05) is 31.1 Å². The van der Waals surface area contributed by atoms with Crippen molar-refractivity contribution in [2.45, 2.75) is 49.9 Å². The van der Waals surface area contributed by atoms with Gasteiger partial charge in [-0.2, -0.15) is 4.31 Å². The van der Waals surface area contributed by atoms with Gasteiger partial charge < -0.3 is 9.47 Å². The van der Waals surface area contributed by atoms with Gasteiger partial charge in [0.1, 0.15) is 0 Å². The van der Waals surface area contributed by atoms with Crippen molar-refractivity contribution in [3.05, 3.63) is 54.1 Å². The van der Waals surface area contributed by atoms with Gasteiger partial charge in [0.15, 0.2) is 5.13 Å². The number of amides is 1. The molecule has 2 aromatic carbocycles. The molecule has 3 atom stereocenters. The lowest BCUT2D eigenvalue weighted by atomic mass is 10.2. The van der Waals surface area contributed by atoms with Gasteiger partial charge in [0, 0.05) is 25.3 Å². The molecule has 3 unspecified atom stereocenters. The number of sulfonamides is 1. The second kappa shape index (κ2) is 9.94. The number of fused-ring (bicyclic) bond motifs is 1. The SMILES string of the molecule is CC1CN(S(=O)(=O)c2ccc(C(=O)N(CC3CCCO3)c3nc4ccccc4s3)cc2)CC(C)O1. The molecule has 0 N–H and O–H groups in total. The zero-order valence-corrected chi connectivity index (χ0v) is 21.4. The number of benzene rings is 2. The van der Waals surface area contributed by atoms with Crippen molar-refractivity contribution < 1.29 is 22.7 Å². The molecule has 8 nitrogen and oxygen atoms in total. The maximum Gasteiger partial charge on any atom is 0.260 e. The fraction of sp³-hybridized carbons (Fsp3) is 0.440. The summed E-state index contributed by atoms with van der Waals surface area (Å²) in [5.41, 5.74) is 1.25. The molecule has 3 aromatic rings. The van der Waals surface area contributed by atoms with E-state index >= 15 is 0 Å². The summed E-state index contributed by atoms with van der Waals surface area (Å²) in [6.07, 6.45) is 1.47. The number of para-hydroxylation sites is 1. The number of aromatic nitrogens is 1. The Morgan fingerprint density at radius 1 is 1.11 bits per heavy atom. The lowest BCUT2D eigenvalue weighted by molar-refractivity contribution is -0.0440. The highest BCUT2D eigenvalue weighted by Gasteiger charge is 2.33. The van der Waals surface area contributed by atoms with Crippen LogP contribution >= 0.6 is 11.3 Å². The molecule has 2 fully saturated rings. The number of hydrogen-bond acceptors (Lipinski definition) is 7. The molecule has 0 spiro atoms. The monoisotopic (exact) mass is 515 g/mol. The van der Waals surface area contributed by atoms with Crippen LogP contribution in [0.15, 0.2) is 53.4 Å². The number of anilines is 1. The van der Waals surface area contributed by atoms with E-state index in [1.54, 1.807) is 17.0 Å². The predicted molar refractivity (Wildman–Crippen MR) is 135 cm³/mol. The summed E-state index contributed by atoms with van der Waals surface area (Å²) >= 11 is 1.46. The Bertz CT molecular complexity index is 1260. The topological polar surface area (TPSA) is 89.0 Å². The Morgan fingerprint density at radius 2 is 1.83 bits per heavy atom. The van der Waals surface area contributed by atoms with Crippen molar-refractivity contribution in [3.8, 4) is 0 Å². The summed E-state index contributed by atoms with van der Waals surface area (Å²) in [5.74, 6) is -0.225. The lowest BCUT2D eigenvalue weighted by Gasteiger charge is -2.34. The van der Waals surface area contributed by atoms with E-state index in [1.165, 1.54) is 27.8 Å². The number of rotatable bonds is 6. The molecule has 0 bridgehead atoms. The number of hydrogen-bond donors (Lipinski definition) is 0. The summed E-state index contributed by atoms with van der Waals surface area (Å²) in [6, 6.07) is 14.0. The van der Waals surface area contributed by atoms with E-state index in [0.717, 1.165) is 23.1 Å². The van der Waals surface area contributed by atoms with Crippen LogP contribution in [0.3, 0.4) is 0 Å². The van der Waals surface area contributed by atoms with Gasteiger partial charge in [-0.3, -0.25) is 9.69 Å². The Morgan fingerprint density at radius 3 is 2.49 bits per heavy atom. The van der Waals surface area contributed by atoms with Gasteiger partial charge in [0.2, 0.25) is 10.0 Å². The van der Waals surface area contributed by atoms with Crippen LogP contribution in [-0.2, 0) is 19.5 Å². The van der Waals surface area contributed by atoms with Crippen LogP contribution in [0.5, 0.6) is 0 Å². The van der Waals surface area contributed by atoms with Gasteiger partial charge in [0.05, 0.1) is 40.0 Å². The van der Waals surface area contributed by atoms with Gasteiger partial charge in [-0.05, 0) is 63.1 Å². The predicted octanol–water partition coefficient (Wildman–Crippen LogP) is 3.92. The molecule has 2 aliphatic heterocycles. The number of morpholine rings is 1. The maximum atomic E-state index is 13.6. The third-order valence-corrected chi connectivity index (χ3v) is 9.20. The highest BCUT2D eigenvalue weighted by atomic mass is 32.2. The number of carbonyl (C=O) groups is 1. The standard InChI is InChI=1S/C25H29N3O5S2/c1-17-14-27(15-18(2)33-17)35(30,31)21-11-9-19(10-12-21)24(29)28(16-20-6-5-13-32-20)25-26-22-7-3-4-8-23(22)34-25/h3-4,7-12,17-18,20H,5-6,13-16H2,1-2H3. The zero-order chi connectivity index (χ0) is 24.6. The van der Waals surface area contributed by atoms with E-state index in [4.69, 9.17) is 9.47 Å². The normalized spacial score (nSPS) is 23.5. The van der Waals surface area contributed by atoms with Gasteiger partial charge >= 0.3 is 0 Å². The van der Waals surface area contributed by atoms with Gasteiger partial charge in [-0.15, -0.1) is 0 Å². The summed E-state index contributed by atoms with van der Waals surface area (Å²) in [5, 5.41) is 0.611. The molecule has 2 aliphatic rings. The first kappa shape index (κ1) is 24.3. The van der Waals surface area contributed by atoms with Crippen molar-refractivity contribution in [3.63, 3.8) is 0 Å². The van der Waals surface area contributed by atoms with Crippen LogP contribution in [-0.4, -0.2) is 68.2 Å². The number of nitrogens with zero attached hydrogens (tertiary/aromatic N) is 3. The minimum atomic E-state index is -3.68. The smallest absolute Gasteiger partial charge is 0.260 e. The second-order valence-electron chi connectivity index (χ2n) is 9.12. The highest BCUT2D eigenvalue weighted by molar-refractivity contribution is 7.89. The minimum absolute atomic E-state index is 0.0455. The lowest BCUT2D eigenvalue weighted by Crippen LogP contribution is -2.48. The summed E-state index contributed by atoms with van der Waals surface area (Å²) in [6.45, 7) is 5.44. The van der Waals surface area contributed by atoms with Crippen LogP contribution < -0.4 is 4.90 Å². The number of ether oxygens (including phenoxy) is 2. The largest absolute Gasteiger partial charge is 0.376 e. The third kappa shape index (κ3) is 5.12. The van der Waals surface area contributed by atoms with Crippen LogP contribution in [0.1, 0.15) is 37.0 Å². The fourth-order valence-corrected chi connectivity index (χ4v) is 7.18. The zero-order valence-electron chi connectivity index (χ0n) is 19.8. The fourth-order valence-electron chi connectivity index (χ4n) is 4.62. The molecule has 0 saturated carbocycles. The Hall–Kier alpha value is -2.37. The Labute approximate surface area is 209 Å². The molecule has 5 rings (SSSR count). The summed E-state index contributed by atoms with van der Waals surface area (Å²) in [7, 11) is -3.68. The van der Waals surface area contributed by atoms with E-state index in [1.807, 2.05) is 38.1 Å². The molecule has 35 heavy (non-hydrogen) atoms. The molecule has 186 valence electrons. The first-order chi connectivity index (χ1) is 16.8. The molecular formula is C25H29N3O5S2. The minimum Gasteiger partial charge on any atom is -0.376 e. The molecular weight excluding hydrogens is 486 g/mol. The number of carbonyl (C=O) groups excluding carboxylic acids is 1. The van der Waals surface area contributed by atoms with Crippen LogP contribution in [0.25, 0.3) is 10.2 Å². The van der Waals surface area contributed by atoms with Crippen molar-refractivity contribution in [2.24, 2.45) is 0 Å². The van der Waals surface area contributed by atoms with E-state index in [2.05, 4.69) is 4.98 Å². The van der Waals surface area contributed by atoms with E-state index < -0.39 is 10.0 Å². The van der Waals surface area contributed by atoms with Crippen molar-refractivity contribution >= 4 is 42.6 Å². The van der Waals surface area contributed by atoms with Gasteiger partial charge in [-0.1, -0.05) is 23.5 Å². The third-order valence-electron chi connectivity index (χ3n) is 6.29. The van der Waals surface area contributed by atoms with Crippen molar-refractivity contribution in [1.82, 2.24) is 9.29 Å². The van der Waals surface area contributed by atoms with Crippen molar-refractivity contribution in [1.29, 1.82) is 0 Å². The summed E-state index contributed by atoms with van der Waals surface area (Å²) < 4.78 is 40.3. The van der Waals surface area contributed by atoms with Crippen LogP contribution in [0.2, 0.25) is 0 Å². The summed E-state index contributed by atoms with van der Waals surface area (Å²) in [4.78, 5) is 20.1. The number of thiazole rings is 1. The Balaban J connectivity index is 1.41. The first-order valence-corrected chi connectivity index (χ1v) is 14.1. The van der Waals surface area contributed by atoms with Crippen LogP contribution in [0, 0.1) is 0 Å². The molecule has 2 saturated heterocycles. The average molecular weight is 516 g/mol. The first-order valence-electron chi connectivity index (χ1n) is 11.9. The van der Waals surface area contributed by atoms with E-state index in [-0.39, 0.29) is 29.1 Å². The molecule has 0 radical (unpaired) electrons. The van der Waals surface area contributed by atoms with E-state index in [9.17, 15) is 13.2 Å². The molecule has 10 heteroatoms. The molecule has 1 aromatic heterocycles. The maximum absolute atomic E-state index is 13.6. The highest BCUT2D eigenvalue weighted by Crippen LogP contribution is 2.31. The molecule has 0 aliphatic carbocycles. The second-order valence-corrected chi connectivity index (χ2v) is 12.1. The Kier molecular flexibility index (Phi) is 6.91. The molecule has 3 heterocycles. The van der Waals surface area contributed by atoms with Gasteiger partial charge in [-0.25, -0.2) is 13.4 Å². The van der Waals surface area contributed by atoms with Gasteiger partial charge in [0.25, 0.3) is 5.91 Å².